The van der Waals surface area contributed by atoms with Crippen LogP contribution in [0.2, 0.25) is 0 Å². The zero-order valence-electron chi connectivity index (χ0n) is 13.6. The molecule has 0 saturated carbocycles. The second kappa shape index (κ2) is 8.77. The average molecular weight is 352 g/mol. The predicted octanol–water partition coefficient (Wildman–Crippen LogP) is 1.70. The zero-order valence-corrected chi connectivity index (χ0v) is 14.4. The van der Waals surface area contributed by atoms with E-state index in [0.717, 1.165) is 30.2 Å². The number of para-hydroxylation sites is 1. The van der Waals surface area contributed by atoms with Crippen LogP contribution in [0.3, 0.4) is 0 Å². The van der Waals surface area contributed by atoms with Gasteiger partial charge in [0.1, 0.15) is 6.33 Å². The van der Waals surface area contributed by atoms with Crippen molar-refractivity contribution in [2.45, 2.75) is 25.9 Å². The van der Waals surface area contributed by atoms with E-state index in [9.17, 15) is 4.79 Å². The summed E-state index contributed by atoms with van der Waals surface area (Å²) in [5.41, 5.74) is 1.62. The maximum Gasteiger partial charge on any atom is 0.226 e. The van der Waals surface area contributed by atoms with Crippen molar-refractivity contribution >= 4 is 24.0 Å². The lowest BCUT2D eigenvalue weighted by atomic mass is 10.1. The van der Waals surface area contributed by atoms with Gasteiger partial charge in [0.2, 0.25) is 5.91 Å². The van der Waals surface area contributed by atoms with Gasteiger partial charge in [0, 0.05) is 31.1 Å². The van der Waals surface area contributed by atoms with Gasteiger partial charge in [0.05, 0.1) is 18.9 Å². The first-order valence-electron chi connectivity index (χ1n) is 7.86. The molecule has 1 aromatic carbocycles. The van der Waals surface area contributed by atoms with E-state index in [0.29, 0.717) is 19.6 Å². The highest BCUT2D eigenvalue weighted by atomic mass is 35.5. The van der Waals surface area contributed by atoms with Crippen LogP contribution >= 0.6 is 12.4 Å². The number of anilines is 1. The quantitative estimate of drug-likeness (QED) is 0.857. The molecule has 3 rings (SSSR count). The lowest BCUT2D eigenvalue weighted by Crippen LogP contribution is -2.43. The van der Waals surface area contributed by atoms with Crippen molar-refractivity contribution in [1.82, 2.24) is 20.1 Å². The number of carbonyl (C=O) groups excluding carboxylic acids is 1. The van der Waals surface area contributed by atoms with Crippen molar-refractivity contribution in [3.63, 3.8) is 0 Å². The highest BCUT2D eigenvalue weighted by Crippen LogP contribution is 2.26. The Labute approximate surface area is 147 Å². The van der Waals surface area contributed by atoms with Crippen LogP contribution in [0.15, 0.2) is 30.6 Å². The van der Waals surface area contributed by atoms with Gasteiger partial charge in [-0.05, 0) is 19.1 Å². The number of hydrogen-bond acceptors (Lipinski definition) is 5. The van der Waals surface area contributed by atoms with Crippen LogP contribution in [-0.2, 0) is 16.1 Å². The SMILES string of the molecule is CCn1cnnc1-c1ccccc1NC(=O)CC1COCCN1.Cl. The molecule has 1 fully saturated rings. The van der Waals surface area contributed by atoms with Gasteiger partial charge in [-0.1, -0.05) is 12.1 Å². The third-order valence-electron chi connectivity index (χ3n) is 3.83. The molecule has 1 aliphatic rings. The van der Waals surface area contributed by atoms with Gasteiger partial charge in [-0.25, -0.2) is 0 Å². The number of morpholine rings is 1. The molecule has 0 radical (unpaired) electrons. The minimum absolute atomic E-state index is 0. The number of aromatic nitrogens is 3. The number of hydrogen-bond donors (Lipinski definition) is 2. The second-order valence-electron chi connectivity index (χ2n) is 5.46. The van der Waals surface area contributed by atoms with Crippen molar-refractivity contribution in [3.05, 3.63) is 30.6 Å². The molecule has 8 heteroatoms. The molecular weight excluding hydrogens is 330 g/mol. The summed E-state index contributed by atoms with van der Waals surface area (Å²) in [6, 6.07) is 7.71. The van der Waals surface area contributed by atoms with Crippen molar-refractivity contribution in [1.29, 1.82) is 0 Å². The van der Waals surface area contributed by atoms with E-state index in [1.165, 1.54) is 0 Å². The molecule has 1 aliphatic heterocycles. The maximum absolute atomic E-state index is 12.3. The number of nitrogens with zero attached hydrogens (tertiary/aromatic N) is 3. The molecule has 2 N–H and O–H groups in total. The molecule has 1 aromatic heterocycles. The molecule has 2 heterocycles. The number of halogens is 1. The van der Waals surface area contributed by atoms with Crippen molar-refractivity contribution in [3.8, 4) is 11.4 Å². The van der Waals surface area contributed by atoms with Crippen molar-refractivity contribution < 1.29 is 9.53 Å². The van der Waals surface area contributed by atoms with Crippen LogP contribution < -0.4 is 10.6 Å². The fraction of sp³-hybridized carbons (Fsp3) is 0.438. The van der Waals surface area contributed by atoms with E-state index < -0.39 is 0 Å². The first-order valence-corrected chi connectivity index (χ1v) is 7.86. The number of nitrogens with one attached hydrogen (secondary N) is 2. The third kappa shape index (κ3) is 4.31. The molecule has 0 spiro atoms. The number of amides is 1. The summed E-state index contributed by atoms with van der Waals surface area (Å²) in [4.78, 5) is 12.3. The van der Waals surface area contributed by atoms with Gasteiger partial charge < -0.3 is 19.9 Å². The average Bonchev–Trinajstić information content (AvgIpc) is 3.04. The Morgan fingerprint density at radius 3 is 3.04 bits per heavy atom. The Kier molecular flexibility index (Phi) is 6.72. The molecule has 130 valence electrons. The van der Waals surface area contributed by atoms with Crippen LogP contribution in [-0.4, -0.2) is 46.5 Å². The largest absolute Gasteiger partial charge is 0.378 e. The molecule has 0 bridgehead atoms. The fourth-order valence-electron chi connectivity index (χ4n) is 2.66. The van der Waals surface area contributed by atoms with Crippen LogP contribution in [0.1, 0.15) is 13.3 Å². The first-order chi connectivity index (χ1) is 11.3. The summed E-state index contributed by atoms with van der Waals surface area (Å²) >= 11 is 0. The molecule has 24 heavy (non-hydrogen) atoms. The van der Waals surface area contributed by atoms with Gasteiger partial charge in [-0.15, -0.1) is 22.6 Å². The predicted molar refractivity (Wildman–Crippen MR) is 94.2 cm³/mol. The summed E-state index contributed by atoms with van der Waals surface area (Å²) in [6.07, 6.45) is 2.08. The summed E-state index contributed by atoms with van der Waals surface area (Å²) in [5, 5.41) is 14.4. The third-order valence-corrected chi connectivity index (χ3v) is 3.83. The molecular formula is C16H22ClN5O2. The Balaban J connectivity index is 0.00000208. The van der Waals surface area contributed by atoms with Crippen molar-refractivity contribution in [2.75, 3.05) is 25.1 Å². The van der Waals surface area contributed by atoms with E-state index in [1.807, 2.05) is 35.8 Å². The van der Waals surface area contributed by atoms with E-state index >= 15 is 0 Å². The van der Waals surface area contributed by atoms with E-state index in [2.05, 4.69) is 20.8 Å². The van der Waals surface area contributed by atoms with Gasteiger partial charge in [-0.2, -0.15) is 0 Å². The summed E-state index contributed by atoms with van der Waals surface area (Å²) in [5.74, 6) is 0.713. The van der Waals surface area contributed by atoms with Gasteiger partial charge in [0.25, 0.3) is 0 Å². The van der Waals surface area contributed by atoms with Crippen molar-refractivity contribution in [2.24, 2.45) is 0 Å². The van der Waals surface area contributed by atoms with Crippen LogP contribution in [0.5, 0.6) is 0 Å². The fourth-order valence-corrected chi connectivity index (χ4v) is 2.66. The normalized spacial score (nSPS) is 17.1. The summed E-state index contributed by atoms with van der Waals surface area (Å²) < 4.78 is 7.33. The van der Waals surface area contributed by atoms with Crippen LogP contribution in [0, 0.1) is 0 Å². The summed E-state index contributed by atoms with van der Waals surface area (Å²) in [6.45, 7) is 4.86. The topological polar surface area (TPSA) is 81.1 Å². The first kappa shape index (κ1) is 18.4. The Morgan fingerprint density at radius 2 is 2.29 bits per heavy atom. The molecule has 1 atom stereocenters. The standard InChI is InChI=1S/C16H21N5O2.ClH/c1-2-21-11-18-20-16(21)13-5-3-4-6-14(13)19-15(22)9-12-10-23-8-7-17-12;/h3-6,11-12,17H,2,7-10H2,1H3,(H,19,22);1H. The number of aryl methyl sites for hydroxylation is 1. The Hall–Kier alpha value is -1.96. The van der Waals surface area contributed by atoms with E-state index in [1.54, 1.807) is 6.33 Å². The minimum atomic E-state index is -0.0389. The lowest BCUT2D eigenvalue weighted by Gasteiger charge is -2.23. The number of rotatable bonds is 5. The summed E-state index contributed by atoms with van der Waals surface area (Å²) in [7, 11) is 0. The van der Waals surface area contributed by atoms with Crippen LogP contribution in [0.25, 0.3) is 11.4 Å². The molecule has 0 aliphatic carbocycles. The second-order valence-corrected chi connectivity index (χ2v) is 5.46. The Bertz CT molecular complexity index is 670. The Morgan fingerprint density at radius 1 is 1.46 bits per heavy atom. The monoisotopic (exact) mass is 351 g/mol. The van der Waals surface area contributed by atoms with Crippen LogP contribution in [0.4, 0.5) is 5.69 Å². The molecule has 7 nitrogen and oxygen atoms in total. The van der Waals surface area contributed by atoms with Gasteiger partial charge >= 0.3 is 0 Å². The van der Waals surface area contributed by atoms with Gasteiger partial charge in [0.15, 0.2) is 5.82 Å². The number of ether oxygens (including phenoxy) is 1. The number of carbonyl (C=O) groups is 1. The minimum Gasteiger partial charge on any atom is -0.378 e. The lowest BCUT2D eigenvalue weighted by molar-refractivity contribution is -0.117. The molecule has 1 unspecified atom stereocenters. The smallest absolute Gasteiger partial charge is 0.226 e. The molecule has 1 amide bonds. The highest BCUT2D eigenvalue weighted by molar-refractivity contribution is 5.95. The van der Waals surface area contributed by atoms with Gasteiger partial charge in [-0.3, -0.25) is 4.79 Å². The van der Waals surface area contributed by atoms with E-state index in [4.69, 9.17) is 4.74 Å². The maximum atomic E-state index is 12.3. The molecule has 2 aromatic rings. The zero-order chi connectivity index (χ0) is 16.1. The molecule has 1 saturated heterocycles. The number of benzene rings is 1. The highest BCUT2D eigenvalue weighted by Gasteiger charge is 2.18. The van der Waals surface area contributed by atoms with E-state index in [-0.39, 0.29) is 24.4 Å².